The minimum absolute atomic E-state index is 0.410. The molecule has 18 heavy (non-hydrogen) atoms. The van der Waals surface area contributed by atoms with Crippen LogP contribution in [0.15, 0.2) is 10.2 Å². The molecular weight excluding hydrogens is 220 g/mol. The molecule has 0 unspecified atom stereocenters. The first-order valence-corrected chi connectivity index (χ1v) is 7.72. The van der Waals surface area contributed by atoms with Crippen molar-refractivity contribution < 1.29 is 0 Å². The molecule has 4 bridgehead atoms. The van der Waals surface area contributed by atoms with Crippen molar-refractivity contribution >= 4 is 11.4 Å². The maximum atomic E-state index is 4.73. The van der Waals surface area contributed by atoms with Crippen LogP contribution in [-0.2, 0) is 0 Å². The number of nitrogens with zero attached hydrogens (tertiary/aromatic N) is 2. The predicted molar refractivity (Wildman–Crippen MR) is 75.0 cm³/mol. The normalized spacial score (nSPS) is 54.1. The lowest BCUT2D eigenvalue weighted by Crippen LogP contribution is -2.23. The molecule has 0 aromatic rings. The van der Waals surface area contributed by atoms with Crippen LogP contribution in [-0.4, -0.2) is 11.4 Å². The van der Waals surface area contributed by atoms with Gasteiger partial charge in [-0.05, 0) is 63.2 Å². The summed E-state index contributed by atoms with van der Waals surface area (Å²) >= 11 is 0. The summed E-state index contributed by atoms with van der Waals surface area (Å²) in [5, 5.41) is 9.46. The molecule has 4 saturated carbocycles. The largest absolute Gasteiger partial charge is 0.160 e. The van der Waals surface area contributed by atoms with Gasteiger partial charge in [0, 0.05) is 22.3 Å². The van der Waals surface area contributed by atoms with E-state index in [2.05, 4.69) is 13.8 Å². The van der Waals surface area contributed by atoms with Gasteiger partial charge in [0.25, 0.3) is 0 Å². The fraction of sp³-hybridized carbons (Fsp3) is 0.875. The van der Waals surface area contributed by atoms with Crippen molar-refractivity contribution in [1.82, 2.24) is 0 Å². The average Bonchev–Trinajstić information content (AvgIpc) is 3.02. The van der Waals surface area contributed by atoms with E-state index in [9.17, 15) is 0 Å². The van der Waals surface area contributed by atoms with Gasteiger partial charge in [0.2, 0.25) is 0 Å². The minimum Gasteiger partial charge on any atom is -0.160 e. The second kappa shape index (κ2) is 3.46. The molecule has 0 N–H and O–H groups in total. The number of hydrogen-bond donors (Lipinski definition) is 0. The summed E-state index contributed by atoms with van der Waals surface area (Å²) < 4.78 is 0. The Hall–Kier alpha value is -0.660. The minimum atomic E-state index is 0.410. The van der Waals surface area contributed by atoms with Crippen LogP contribution in [0.5, 0.6) is 0 Å². The van der Waals surface area contributed by atoms with Crippen LogP contribution in [0.2, 0.25) is 0 Å². The molecule has 2 heteroatoms. The van der Waals surface area contributed by atoms with E-state index < -0.39 is 0 Å². The third-order valence-electron chi connectivity index (χ3n) is 6.34. The molecule has 4 atom stereocenters. The second-order valence-corrected chi connectivity index (χ2v) is 7.84. The monoisotopic (exact) mass is 244 g/mol. The third kappa shape index (κ3) is 1.47. The molecule has 98 valence electrons. The van der Waals surface area contributed by atoms with Gasteiger partial charge in [-0.3, -0.25) is 0 Å². The number of fused-ring (bicyclic) bond motifs is 4. The van der Waals surface area contributed by atoms with Crippen molar-refractivity contribution in [1.29, 1.82) is 0 Å². The quantitative estimate of drug-likeness (QED) is 0.617. The van der Waals surface area contributed by atoms with Gasteiger partial charge in [-0.15, -0.1) is 0 Å². The van der Waals surface area contributed by atoms with Crippen molar-refractivity contribution in [2.45, 2.75) is 65.2 Å². The van der Waals surface area contributed by atoms with E-state index in [0.29, 0.717) is 10.8 Å². The summed E-state index contributed by atoms with van der Waals surface area (Å²) in [6, 6.07) is 0. The van der Waals surface area contributed by atoms with Gasteiger partial charge in [-0.25, -0.2) is 0 Å². The van der Waals surface area contributed by atoms with Crippen molar-refractivity contribution in [2.75, 3.05) is 0 Å². The van der Waals surface area contributed by atoms with Crippen LogP contribution in [0.25, 0.3) is 0 Å². The maximum Gasteiger partial charge on any atom is 0.0467 e. The topological polar surface area (TPSA) is 24.7 Å². The molecule has 0 aromatic heterocycles. The molecule has 0 heterocycles. The Morgan fingerprint density at radius 3 is 1.56 bits per heavy atom. The Kier molecular flexibility index (Phi) is 2.15. The van der Waals surface area contributed by atoms with Gasteiger partial charge in [0.05, 0.1) is 0 Å². The summed E-state index contributed by atoms with van der Waals surface area (Å²) in [7, 11) is 0. The lowest BCUT2D eigenvalue weighted by Gasteiger charge is -2.24. The highest BCUT2D eigenvalue weighted by Gasteiger charge is 2.48. The molecule has 0 spiro atoms. The van der Waals surface area contributed by atoms with E-state index >= 15 is 0 Å². The van der Waals surface area contributed by atoms with Crippen LogP contribution in [0.1, 0.15) is 65.2 Å². The van der Waals surface area contributed by atoms with E-state index in [-0.39, 0.29) is 0 Å². The Balaban J connectivity index is 1.60. The number of hydrogen-bond acceptors (Lipinski definition) is 2. The summed E-state index contributed by atoms with van der Waals surface area (Å²) in [6.07, 6.45) is 10.7. The molecule has 0 radical (unpaired) electrons. The molecule has 4 fully saturated rings. The zero-order valence-electron chi connectivity index (χ0n) is 11.7. The first kappa shape index (κ1) is 11.2. The van der Waals surface area contributed by atoms with E-state index in [1.165, 1.54) is 62.8 Å². The Morgan fingerprint density at radius 1 is 0.833 bits per heavy atom. The van der Waals surface area contributed by atoms with E-state index in [1.807, 2.05) is 0 Å². The van der Waals surface area contributed by atoms with Gasteiger partial charge in [0.1, 0.15) is 0 Å². The first-order chi connectivity index (χ1) is 8.57. The molecule has 0 aliphatic heterocycles. The third-order valence-corrected chi connectivity index (χ3v) is 6.34. The van der Waals surface area contributed by atoms with Crippen molar-refractivity contribution in [2.24, 2.45) is 32.9 Å². The van der Waals surface area contributed by atoms with Crippen LogP contribution in [0, 0.1) is 22.7 Å². The summed E-state index contributed by atoms with van der Waals surface area (Å²) in [5.74, 6) is 1.84. The van der Waals surface area contributed by atoms with Crippen LogP contribution in [0.4, 0.5) is 0 Å². The van der Waals surface area contributed by atoms with Crippen LogP contribution >= 0.6 is 0 Å². The van der Waals surface area contributed by atoms with Crippen LogP contribution < -0.4 is 0 Å². The smallest absolute Gasteiger partial charge is 0.0467 e. The molecule has 2 nitrogen and oxygen atoms in total. The zero-order valence-corrected chi connectivity index (χ0v) is 11.7. The molecule has 0 aromatic carbocycles. The Labute approximate surface area is 110 Å². The first-order valence-electron chi connectivity index (χ1n) is 7.72. The van der Waals surface area contributed by atoms with Gasteiger partial charge in [0.15, 0.2) is 0 Å². The van der Waals surface area contributed by atoms with Crippen LogP contribution in [0.3, 0.4) is 0 Å². The van der Waals surface area contributed by atoms with E-state index in [0.717, 1.165) is 11.8 Å². The van der Waals surface area contributed by atoms with Gasteiger partial charge in [-0.2, -0.15) is 10.2 Å². The highest BCUT2D eigenvalue weighted by molar-refractivity contribution is 5.96. The molecule has 4 rings (SSSR count). The second-order valence-electron chi connectivity index (χ2n) is 7.84. The molecular formula is C16H24N2. The SMILES string of the molecule is C[C@]12CC[C@H](C/C1=N/N=C1\C[C@@H]3CC[C@@]1(C)C3)C2. The highest BCUT2D eigenvalue weighted by Crippen LogP contribution is 2.53. The fourth-order valence-corrected chi connectivity index (χ4v) is 5.08. The fourth-order valence-electron chi connectivity index (χ4n) is 5.08. The Morgan fingerprint density at radius 2 is 1.28 bits per heavy atom. The molecule has 0 amide bonds. The van der Waals surface area contributed by atoms with E-state index in [4.69, 9.17) is 10.2 Å². The Bertz CT molecular complexity index is 408. The standard InChI is InChI=1S/C16H24N2/c1-15-5-3-11(9-15)7-13(15)17-18-14-8-12-4-6-16(14,2)10-12/h11-12H,3-10H2,1-2H3/b17-13-,18-14+/t11-,12+,15-,16+/m1/s1. The highest BCUT2D eigenvalue weighted by atomic mass is 15.2. The van der Waals surface area contributed by atoms with Crippen molar-refractivity contribution in [3.05, 3.63) is 0 Å². The van der Waals surface area contributed by atoms with E-state index in [1.54, 1.807) is 0 Å². The van der Waals surface area contributed by atoms with Crippen molar-refractivity contribution in [3.63, 3.8) is 0 Å². The summed E-state index contributed by atoms with van der Waals surface area (Å²) in [4.78, 5) is 0. The average molecular weight is 244 g/mol. The summed E-state index contributed by atoms with van der Waals surface area (Å²) in [5.41, 5.74) is 3.65. The molecule has 4 aliphatic carbocycles. The predicted octanol–water partition coefficient (Wildman–Crippen LogP) is 4.20. The molecule has 4 aliphatic rings. The van der Waals surface area contributed by atoms with Crippen molar-refractivity contribution in [3.8, 4) is 0 Å². The number of rotatable bonds is 1. The van der Waals surface area contributed by atoms with Gasteiger partial charge < -0.3 is 0 Å². The molecule has 0 saturated heterocycles. The van der Waals surface area contributed by atoms with Gasteiger partial charge >= 0.3 is 0 Å². The summed E-state index contributed by atoms with van der Waals surface area (Å²) in [6.45, 7) is 4.81. The zero-order chi connectivity index (χ0) is 12.4. The van der Waals surface area contributed by atoms with Gasteiger partial charge in [-0.1, -0.05) is 13.8 Å². The lowest BCUT2D eigenvalue weighted by atomic mass is 9.84. The lowest BCUT2D eigenvalue weighted by molar-refractivity contribution is 0.491. The maximum absolute atomic E-state index is 4.73.